The predicted molar refractivity (Wildman–Crippen MR) is 118 cm³/mol. The van der Waals surface area contributed by atoms with E-state index in [2.05, 4.69) is 25.0 Å². The molecule has 1 N–H and O–H groups in total. The first-order valence-electron chi connectivity index (χ1n) is 11.6. The zero-order valence-corrected chi connectivity index (χ0v) is 19.0. The van der Waals surface area contributed by atoms with Gasteiger partial charge in [0.15, 0.2) is 0 Å². The molecule has 2 unspecified atom stereocenters. The number of pyridine rings is 1. The number of imidazole rings is 2. The van der Waals surface area contributed by atoms with E-state index >= 15 is 0 Å². The van der Waals surface area contributed by atoms with Gasteiger partial charge in [-0.15, -0.1) is 13.2 Å². The molecule has 12 heteroatoms. The van der Waals surface area contributed by atoms with Gasteiger partial charge >= 0.3 is 6.36 Å². The van der Waals surface area contributed by atoms with Crippen LogP contribution < -0.4 is 15.0 Å². The second kappa shape index (κ2) is 7.99. The summed E-state index contributed by atoms with van der Waals surface area (Å²) < 4.78 is 47.0. The summed E-state index contributed by atoms with van der Waals surface area (Å²) in [6.45, 7) is 1.64. The number of aromatic nitrogens is 5. The van der Waals surface area contributed by atoms with E-state index in [1.54, 1.807) is 23.0 Å². The number of carbonyl (C=O) groups excluding carboxylic acids is 1. The highest BCUT2D eigenvalue weighted by atomic mass is 19.4. The van der Waals surface area contributed by atoms with E-state index in [0.29, 0.717) is 17.7 Å². The maximum absolute atomic E-state index is 13.1. The van der Waals surface area contributed by atoms with Crippen LogP contribution in [0.3, 0.4) is 0 Å². The Kier molecular flexibility index (Phi) is 5.01. The number of hydrogen-bond acceptors (Lipinski definition) is 6. The molecule has 2 fully saturated rings. The van der Waals surface area contributed by atoms with E-state index in [0.717, 1.165) is 37.3 Å². The van der Waals surface area contributed by atoms with Crippen LogP contribution in [0.15, 0.2) is 31.0 Å². The lowest BCUT2D eigenvalue weighted by molar-refractivity contribution is -0.276. The zero-order chi connectivity index (χ0) is 24.3. The number of piperidine rings is 1. The number of fused-ring (bicyclic) bond motifs is 2. The number of amides is 1. The minimum atomic E-state index is -4.86. The Labute approximate surface area is 198 Å². The number of alkyl halides is 3. The second-order valence-corrected chi connectivity index (χ2v) is 9.53. The molecule has 3 aliphatic rings. The predicted octanol–water partition coefficient (Wildman–Crippen LogP) is 2.83. The van der Waals surface area contributed by atoms with Gasteiger partial charge in [-0.25, -0.2) is 9.97 Å². The lowest BCUT2D eigenvalue weighted by Gasteiger charge is -2.21. The van der Waals surface area contributed by atoms with Crippen molar-refractivity contribution >= 4 is 11.7 Å². The van der Waals surface area contributed by atoms with Gasteiger partial charge in [0.1, 0.15) is 11.5 Å². The smallest absolute Gasteiger partial charge is 0.387 e. The van der Waals surface area contributed by atoms with Gasteiger partial charge in [0.05, 0.1) is 30.9 Å². The van der Waals surface area contributed by atoms with Gasteiger partial charge in [0.2, 0.25) is 5.88 Å². The van der Waals surface area contributed by atoms with Gasteiger partial charge in [0.25, 0.3) is 5.91 Å². The van der Waals surface area contributed by atoms with Gasteiger partial charge in [0, 0.05) is 37.6 Å². The zero-order valence-electron chi connectivity index (χ0n) is 19.0. The van der Waals surface area contributed by atoms with Gasteiger partial charge in [-0.1, -0.05) is 0 Å². The summed E-state index contributed by atoms with van der Waals surface area (Å²) in [4.78, 5) is 27.5. The SMILES string of the molecule is Cn1cnc2c1CC[C@H]2NC(=O)c1cn(Cc2ccc(N3CC4CC4C3)nc2OC(F)(F)F)cn1. The maximum Gasteiger partial charge on any atom is 0.574 e. The molecule has 2 aliphatic carbocycles. The first-order valence-corrected chi connectivity index (χ1v) is 11.6. The second-order valence-electron chi connectivity index (χ2n) is 9.53. The number of carbonyl (C=O) groups is 1. The van der Waals surface area contributed by atoms with Crippen molar-refractivity contribution in [2.75, 3.05) is 18.0 Å². The van der Waals surface area contributed by atoms with Crippen molar-refractivity contribution in [2.24, 2.45) is 18.9 Å². The molecule has 4 heterocycles. The summed E-state index contributed by atoms with van der Waals surface area (Å²) >= 11 is 0. The highest BCUT2D eigenvalue weighted by Crippen LogP contribution is 2.46. The fourth-order valence-electron chi connectivity index (χ4n) is 5.16. The summed E-state index contributed by atoms with van der Waals surface area (Å²) in [7, 11) is 1.92. The Balaban J connectivity index is 1.17. The fraction of sp³-hybridized carbons (Fsp3) is 0.478. The van der Waals surface area contributed by atoms with Crippen LogP contribution in [-0.4, -0.2) is 49.4 Å². The third-order valence-corrected chi connectivity index (χ3v) is 7.06. The van der Waals surface area contributed by atoms with Crippen molar-refractivity contribution in [3.8, 4) is 5.88 Å². The molecule has 1 saturated heterocycles. The molecule has 9 nitrogen and oxygen atoms in total. The summed E-state index contributed by atoms with van der Waals surface area (Å²) in [5.41, 5.74) is 2.37. The van der Waals surface area contributed by atoms with E-state index in [1.807, 2.05) is 16.5 Å². The number of halogens is 3. The number of ether oxygens (including phenoxy) is 1. The van der Waals surface area contributed by atoms with Crippen molar-refractivity contribution in [3.63, 3.8) is 0 Å². The van der Waals surface area contributed by atoms with E-state index < -0.39 is 12.2 Å². The van der Waals surface area contributed by atoms with E-state index in [4.69, 9.17) is 0 Å². The van der Waals surface area contributed by atoms with Crippen LogP contribution in [0.5, 0.6) is 5.88 Å². The van der Waals surface area contributed by atoms with Crippen molar-refractivity contribution in [3.05, 3.63) is 53.6 Å². The van der Waals surface area contributed by atoms with E-state index in [1.165, 1.54) is 18.9 Å². The summed E-state index contributed by atoms with van der Waals surface area (Å²) in [6.07, 6.45) is 2.55. The molecule has 1 saturated carbocycles. The van der Waals surface area contributed by atoms with Gasteiger partial charge in [-0.05, 0) is 43.2 Å². The van der Waals surface area contributed by atoms with Crippen LogP contribution in [0, 0.1) is 11.8 Å². The number of nitrogens with zero attached hydrogens (tertiary/aromatic N) is 6. The fourth-order valence-corrected chi connectivity index (χ4v) is 5.16. The number of nitrogens with one attached hydrogen (secondary N) is 1. The van der Waals surface area contributed by atoms with Crippen LogP contribution in [0.4, 0.5) is 19.0 Å². The molecule has 1 amide bonds. The first kappa shape index (κ1) is 21.9. The molecule has 3 aromatic rings. The Hall–Kier alpha value is -3.57. The Morgan fingerprint density at radius 3 is 2.77 bits per heavy atom. The molecule has 3 aromatic heterocycles. The summed E-state index contributed by atoms with van der Waals surface area (Å²) in [5.74, 6) is 0.875. The normalized spacial score (nSPS) is 22.7. The topological polar surface area (TPSA) is 90.1 Å². The van der Waals surface area contributed by atoms with E-state index in [-0.39, 0.29) is 29.8 Å². The average molecular weight is 487 g/mol. The van der Waals surface area contributed by atoms with Crippen LogP contribution >= 0.6 is 0 Å². The molecule has 3 atom stereocenters. The molecule has 184 valence electrons. The molecule has 0 bridgehead atoms. The number of hydrogen-bond donors (Lipinski definition) is 1. The molecule has 0 radical (unpaired) electrons. The quantitative estimate of drug-likeness (QED) is 0.575. The number of rotatable bonds is 6. The molecular formula is C23H24F3N7O2. The largest absolute Gasteiger partial charge is 0.574 e. The first-order chi connectivity index (χ1) is 16.7. The van der Waals surface area contributed by atoms with Gasteiger partial charge in [-0.2, -0.15) is 4.98 Å². The van der Waals surface area contributed by atoms with Crippen LogP contribution in [0.2, 0.25) is 0 Å². The maximum atomic E-state index is 13.1. The minimum absolute atomic E-state index is 0.0258. The standard InChI is InChI=1S/C23H24F3N7O2/c1-31-11-28-20-16(3-4-18(20)31)29-21(34)17-10-32(12-27-17)7-13-2-5-19(30-22(13)35-23(24,25)26)33-8-14-6-15(14)9-33/h2,5,10-12,14-16H,3-4,6-9H2,1H3,(H,29,34)/t14?,15?,16-/m1/s1. The highest BCUT2D eigenvalue weighted by molar-refractivity contribution is 5.92. The monoisotopic (exact) mass is 487 g/mol. The Morgan fingerprint density at radius 2 is 2.00 bits per heavy atom. The third-order valence-electron chi connectivity index (χ3n) is 7.06. The molecule has 0 spiro atoms. The molecule has 0 aromatic carbocycles. The van der Waals surface area contributed by atoms with Gasteiger partial charge < -0.3 is 24.1 Å². The molecule has 35 heavy (non-hydrogen) atoms. The van der Waals surface area contributed by atoms with Crippen molar-refractivity contribution in [1.29, 1.82) is 0 Å². The summed E-state index contributed by atoms with van der Waals surface area (Å²) in [5, 5.41) is 2.95. The lowest BCUT2D eigenvalue weighted by atomic mass is 10.2. The third kappa shape index (κ3) is 4.32. The van der Waals surface area contributed by atoms with Crippen molar-refractivity contribution < 1.29 is 22.7 Å². The molecule has 6 rings (SSSR count). The minimum Gasteiger partial charge on any atom is -0.387 e. The number of aryl methyl sites for hydroxylation is 1. The highest BCUT2D eigenvalue weighted by Gasteiger charge is 2.45. The van der Waals surface area contributed by atoms with Crippen molar-refractivity contribution in [2.45, 2.75) is 38.2 Å². The van der Waals surface area contributed by atoms with E-state index in [9.17, 15) is 18.0 Å². The Morgan fingerprint density at radius 1 is 1.20 bits per heavy atom. The van der Waals surface area contributed by atoms with Crippen LogP contribution in [-0.2, 0) is 20.0 Å². The summed E-state index contributed by atoms with van der Waals surface area (Å²) in [6, 6.07) is 3.12. The van der Waals surface area contributed by atoms with Crippen molar-refractivity contribution in [1.82, 2.24) is 29.4 Å². The average Bonchev–Trinajstić information content (AvgIpc) is 3.26. The van der Waals surface area contributed by atoms with Gasteiger partial charge in [-0.3, -0.25) is 4.79 Å². The Bertz CT molecular complexity index is 1270. The van der Waals surface area contributed by atoms with Crippen LogP contribution in [0.25, 0.3) is 0 Å². The number of anilines is 1. The molecule has 1 aliphatic heterocycles. The molecular weight excluding hydrogens is 463 g/mol. The lowest BCUT2D eigenvalue weighted by Crippen LogP contribution is -2.27. The van der Waals surface area contributed by atoms with Crippen LogP contribution in [0.1, 0.15) is 46.3 Å².